The molecule has 1 atom stereocenters. The summed E-state index contributed by atoms with van der Waals surface area (Å²) < 4.78 is 13.2. The molecule has 0 radical (unpaired) electrons. The Balaban J connectivity index is 1.64. The second-order valence-corrected chi connectivity index (χ2v) is 10.8. The van der Waals surface area contributed by atoms with Crippen molar-refractivity contribution >= 4 is 50.9 Å². The van der Waals surface area contributed by atoms with E-state index in [-0.39, 0.29) is 11.5 Å². The third-order valence-electron chi connectivity index (χ3n) is 6.21. The van der Waals surface area contributed by atoms with Gasteiger partial charge in [-0.05, 0) is 76.5 Å². The Kier molecular flexibility index (Phi) is 7.81. The maximum absolute atomic E-state index is 13.9. The maximum Gasteiger partial charge on any atom is 0.308 e. The van der Waals surface area contributed by atoms with Gasteiger partial charge in [-0.15, -0.1) is 0 Å². The number of thiazole rings is 1. The number of allylic oxidation sites excluding steroid dienone is 1. The number of carbonyl (C=O) groups is 2. The predicted molar refractivity (Wildman–Crippen MR) is 157 cm³/mol. The first kappa shape index (κ1) is 27.3. The van der Waals surface area contributed by atoms with Crippen LogP contribution in [0.5, 0.6) is 11.5 Å². The van der Waals surface area contributed by atoms with Gasteiger partial charge in [0.1, 0.15) is 11.5 Å². The van der Waals surface area contributed by atoms with Crippen LogP contribution in [-0.4, -0.2) is 23.6 Å². The molecule has 202 valence electrons. The minimum atomic E-state index is -0.727. The van der Waals surface area contributed by atoms with Crippen LogP contribution >= 0.6 is 27.3 Å². The van der Waals surface area contributed by atoms with Gasteiger partial charge < -0.3 is 14.8 Å². The van der Waals surface area contributed by atoms with E-state index in [1.54, 1.807) is 55.0 Å². The molecule has 0 unspecified atom stereocenters. The Morgan fingerprint density at radius 1 is 1.07 bits per heavy atom. The number of hydrogen-bond donors (Lipinski definition) is 1. The monoisotopic (exact) mass is 617 g/mol. The van der Waals surface area contributed by atoms with Crippen molar-refractivity contribution in [1.29, 1.82) is 0 Å². The van der Waals surface area contributed by atoms with Crippen molar-refractivity contribution < 1.29 is 19.1 Å². The molecule has 0 saturated heterocycles. The van der Waals surface area contributed by atoms with Crippen LogP contribution < -0.4 is 29.7 Å². The Morgan fingerprint density at radius 2 is 1.85 bits per heavy atom. The number of carbonyl (C=O) groups excluding carboxylic acids is 2. The molecule has 1 amide bonds. The summed E-state index contributed by atoms with van der Waals surface area (Å²) in [7, 11) is 1.57. The van der Waals surface area contributed by atoms with Gasteiger partial charge in [-0.2, -0.15) is 0 Å². The van der Waals surface area contributed by atoms with Crippen LogP contribution in [0.1, 0.15) is 31.0 Å². The summed E-state index contributed by atoms with van der Waals surface area (Å²) in [6.45, 7) is 3.10. The Bertz CT molecular complexity index is 1840. The first-order valence-corrected chi connectivity index (χ1v) is 13.9. The van der Waals surface area contributed by atoms with Gasteiger partial charge in [0.15, 0.2) is 4.80 Å². The number of nitrogens with one attached hydrogen (secondary N) is 1. The van der Waals surface area contributed by atoms with E-state index in [2.05, 4.69) is 26.2 Å². The van der Waals surface area contributed by atoms with Crippen LogP contribution in [-0.2, 0) is 9.59 Å². The second kappa shape index (κ2) is 11.4. The number of benzene rings is 3. The van der Waals surface area contributed by atoms with Gasteiger partial charge in [-0.3, -0.25) is 19.0 Å². The zero-order valence-electron chi connectivity index (χ0n) is 21.8. The van der Waals surface area contributed by atoms with Gasteiger partial charge in [-0.25, -0.2) is 4.99 Å². The number of anilines is 1. The fourth-order valence-electron chi connectivity index (χ4n) is 4.45. The molecular formula is C30H24BrN3O5S. The topological polar surface area (TPSA) is 99.0 Å². The van der Waals surface area contributed by atoms with Gasteiger partial charge in [0.05, 0.1) is 33.4 Å². The van der Waals surface area contributed by atoms with Crippen molar-refractivity contribution in [2.45, 2.75) is 19.9 Å². The van der Waals surface area contributed by atoms with Crippen molar-refractivity contribution in [3.8, 4) is 11.5 Å². The largest absolute Gasteiger partial charge is 0.497 e. The average molecular weight is 619 g/mol. The summed E-state index contributed by atoms with van der Waals surface area (Å²) in [5, 5.41) is 2.94. The molecule has 1 N–H and O–H groups in total. The summed E-state index contributed by atoms with van der Waals surface area (Å²) in [5.41, 5.74) is 2.68. The number of nitrogens with zero attached hydrogens (tertiary/aromatic N) is 2. The summed E-state index contributed by atoms with van der Waals surface area (Å²) >= 11 is 4.66. The Morgan fingerprint density at radius 3 is 2.55 bits per heavy atom. The molecule has 1 aliphatic heterocycles. The molecular weight excluding hydrogens is 594 g/mol. The number of fused-ring (bicyclic) bond motifs is 1. The van der Waals surface area contributed by atoms with Crippen LogP contribution in [0.4, 0.5) is 5.69 Å². The number of para-hydroxylation sites is 1. The molecule has 5 rings (SSSR count). The molecule has 40 heavy (non-hydrogen) atoms. The highest BCUT2D eigenvalue weighted by Gasteiger charge is 2.32. The summed E-state index contributed by atoms with van der Waals surface area (Å²) in [6.07, 6.45) is 1.75. The lowest BCUT2D eigenvalue weighted by atomic mass is 9.95. The quantitative estimate of drug-likeness (QED) is 0.252. The lowest BCUT2D eigenvalue weighted by Crippen LogP contribution is -2.40. The molecule has 0 saturated carbocycles. The minimum absolute atomic E-state index is 0.283. The van der Waals surface area contributed by atoms with E-state index in [4.69, 9.17) is 9.47 Å². The third kappa shape index (κ3) is 5.54. The first-order valence-electron chi connectivity index (χ1n) is 12.3. The molecule has 0 spiro atoms. The zero-order valence-corrected chi connectivity index (χ0v) is 24.2. The molecule has 2 heterocycles. The number of esters is 1. The van der Waals surface area contributed by atoms with E-state index in [0.717, 1.165) is 5.56 Å². The van der Waals surface area contributed by atoms with E-state index in [1.807, 2.05) is 42.5 Å². The molecule has 1 aromatic heterocycles. The number of methoxy groups -OCH3 is 1. The molecule has 10 heteroatoms. The van der Waals surface area contributed by atoms with Crippen LogP contribution in [0.3, 0.4) is 0 Å². The zero-order chi connectivity index (χ0) is 28.4. The van der Waals surface area contributed by atoms with Crippen molar-refractivity contribution in [2.24, 2.45) is 4.99 Å². The smallest absolute Gasteiger partial charge is 0.308 e. The van der Waals surface area contributed by atoms with Crippen molar-refractivity contribution in [1.82, 2.24) is 4.57 Å². The van der Waals surface area contributed by atoms with E-state index in [0.29, 0.717) is 47.8 Å². The SMILES string of the molecule is COc1cccc([C@H]2C(C(=O)Nc3ccccc3)=C(C)N=c3s/c(=C\c4ccc(OC(C)=O)c(Br)c4)c(=O)n32)c1. The van der Waals surface area contributed by atoms with E-state index in [1.165, 1.54) is 18.3 Å². The van der Waals surface area contributed by atoms with Crippen LogP contribution in [0.25, 0.3) is 6.08 Å². The number of ether oxygens (including phenoxy) is 2. The van der Waals surface area contributed by atoms with Crippen molar-refractivity contribution in [2.75, 3.05) is 12.4 Å². The highest BCUT2D eigenvalue weighted by Crippen LogP contribution is 2.32. The summed E-state index contributed by atoms with van der Waals surface area (Å²) in [6, 6.07) is 20.9. The maximum atomic E-state index is 13.9. The fraction of sp³-hybridized carbons (Fsp3) is 0.133. The lowest BCUT2D eigenvalue weighted by Gasteiger charge is -2.25. The second-order valence-electron chi connectivity index (χ2n) is 8.96. The predicted octanol–water partition coefficient (Wildman–Crippen LogP) is 4.57. The highest BCUT2D eigenvalue weighted by molar-refractivity contribution is 9.10. The summed E-state index contributed by atoms with van der Waals surface area (Å²) in [4.78, 5) is 44.1. The Labute approximate surface area is 242 Å². The Hall–Kier alpha value is -4.28. The number of aromatic nitrogens is 1. The van der Waals surface area contributed by atoms with E-state index in [9.17, 15) is 14.4 Å². The molecule has 0 aliphatic carbocycles. The fourth-order valence-corrected chi connectivity index (χ4v) is 5.98. The molecule has 0 bridgehead atoms. The summed E-state index contributed by atoms with van der Waals surface area (Å²) in [5.74, 6) is 0.213. The third-order valence-corrected chi connectivity index (χ3v) is 7.82. The number of halogens is 1. The number of hydrogen-bond acceptors (Lipinski definition) is 7. The minimum Gasteiger partial charge on any atom is -0.497 e. The highest BCUT2D eigenvalue weighted by atomic mass is 79.9. The molecule has 1 aliphatic rings. The van der Waals surface area contributed by atoms with Crippen molar-refractivity contribution in [3.05, 3.63) is 119 Å². The van der Waals surface area contributed by atoms with Gasteiger partial charge in [0.25, 0.3) is 11.5 Å². The van der Waals surface area contributed by atoms with Crippen LogP contribution in [0.2, 0.25) is 0 Å². The average Bonchev–Trinajstić information content (AvgIpc) is 3.23. The lowest BCUT2D eigenvalue weighted by molar-refractivity contribution is -0.131. The van der Waals surface area contributed by atoms with Gasteiger partial charge in [0, 0.05) is 12.6 Å². The first-order chi connectivity index (χ1) is 19.2. The number of rotatable bonds is 6. The van der Waals surface area contributed by atoms with E-state index >= 15 is 0 Å². The van der Waals surface area contributed by atoms with Gasteiger partial charge in [0.2, 0.25) is 0 Å². The molecule has 3 aromatic carbocycles. The standard InChI is InChI=1S/C30H24BrN3O5S/c1-17-26(28(36)33-21-9-5-4-6-10-21)27(20-8-7-11-22(16-20)38-3)34-29(37)25(40-30(34)32-17)15-19-12-13-24(23(31)14-19)39-18(2)35/h4-16,27H,1-3H3,(H,33,36)/b25-15-/t27-/m0/s1. The molecule has 4 aromatic rings. The van der Waals surface area contributed by atoms with Crippen molar-refractivity contribution in [3.63, 3.8) is 0 Å². The normalized spacial score (nSPS) is 14.8. The molecule has 0 fully saturated rings. The molecule has 8 nitrogen and oxygen atoms in total. The van der Waals surface area contributed by atoms with Crippen LogP contribution in [0.15, 0.2) is 98.3 Å². The van der Waals surface area contributed by atoms with Gasteiger partial charge in [-0.1, -0.05) is 47.7 Å². The van der Waals surface area contributed by atoms with Gasteiger partial charge >= 0.3 is 5.97 Å². The van der Waals surface area contributed by atoms with E-state index < -0.39 is 12.0 Å². The van der Waals surface area contributed by atoms with Crippen LogP contribution in [0, 0.1) is 0 Å². The number of amides is 1.